The van der Waals surface area contributed by atoms with Crippen molar-refractivity contribution >= 4 is 5.69 Å². The molecular weight excluding hydrogens is 274 g/mol. The fourth-order valence-corrected chi connectivity index (χ4v) is 2.17. The standard InChI is InChI=1S/C15H13NO5/c17-15-8-2-10-1-5-13(9-14(10)21-15)20-12-6-3-11(4-7-12)16(18)19/h1,3-7,9,15,17H,2,8H2. The number of rotatable bonds is 3. The van der Waals surface area contributed by atoms with Crippen molar-refractivity contribution in [2.45, 2.75) is 19.1 Å². The van der Waals surface area contributed by atoms with Crippen LogP contribution >= 0.6 is 0 Å². The summed E-state index contributed by atoms with van der Waals surface area (Å²) >= 11 is 0. The van der Waals surface area contributed by atoms with Gasteiger partial charge in [0.1, 0.15) is 17.2 Å². The van der Waals surface area contributed by atoms with Gasteiger partial charge in [0.05, 0.1) is 4.92 Å². The summed E-state index contributed by atoms with van der Waals surface area (Å²) in [4.78, 5) is 10.1. The van der Waals surface area contributed by atoms with E-state index in [1.165, 1.54) is 24.3 Å². The van der Waals surface area contributed by atoms with Gasteiger partial charge in [0.25, 0.3) is 5.69 Å². The van der Waals surface area contributed by atoms with Crippen molar-refractivity contribution in [3.63, 3.8) is 0 Å². The van der Waals surface area contributed by atoms with Crippen LogP contribution in [0, 0.1) is 10.1 Å². The van der Waals surface area contributed by atoms with Gasteiger partial charge >= 0.3 is 0 Å². The summed E-state index contributed by atoms with van der Waals surface area (Å²) < 4.78 is 11.0. The Morgan fingerprint density at radius 2 is 1.90 bits per heavy atom. The molecule has 0 saturated carbocycles. The number of nitro groups is 1. The van der Waals surface area contributed by atoms with Crippen molar-refractivity contribution in [1.82, 2.24) is 0 Å². The molecular formula is C15H13NO5. The minimum Gasteiger partial charge on any atom is -0.465 e. The number of fused-ring (bicyclic) bond motifs is 1. The Kier molecular flexibility index (Phi) is 3.45. The van der Waals surface area contributed by atoms with E-state index in [1.807, 2.05) is 6.07 Å². The van der Waals surface area contributed by atoms with E-state index in [9.17, 15) is 15.2 Å². The molecule has 0 amide bonds. The zero-order chi connectivity index (χ0) is 14.8. The number of hydrogen-bond donors (Lipinski definition) is 1. The van der Waals surface area contributed by atoms with Crippen LogP contribution in [0.15, 0.2) is 42.5 Å². The molecule has 0 spiro atoms. The van der Waals surface area contributed by atoms with Gasteiger partial charge in [-0.1, -0.05) is 6.07 Å². The van der Waals surface area contributed by atoms with Crippen molar-refractivity contribution in [2.24, 2.45) is 0 Å². The fraction of sp³-hybridized carbons (Fsp3) is 0.200. The number of nitrogens with zero attached hydrogens (tertiary/aromatic N) is 1. The lowest BCUT2D eigenvalue weighted by Crippen LogP contribution is -2.21. The first-order valence-corrected chi connectivity index (χ1v) is 6.52. The molecule has 1 heterocycles. The summed E-state index contributed by atoms with van der Waals surface area (Å²) in [6.45, 7) is 0. The maximum Gasteiger partial charge on any atom is 0.269 e. The van der Waals surface area contributed by atoms with E-state index in [-0.39, 0.29) is 5.69 Å². The summed E-state index contributed by atoms with van der Waals surface area (Å²) in [7, 11) is 0. The maximum absolute atomic E-state index is 10.6. The number of ether oxygens (including phenoxy) is 2. The first-order chi connectivity index (χ1) is 10.1. The Labute approximate surface area is 120 Å². The number of benzene rings is 2. The number of nitro benzene ring substituents is 1. The van der Waals surface area contributed by atoms with E-state index < -0.39 is 11.2 Å². The molecule has 0 fully saturated rings. The summed E-state index contributed by atoms with van der Waals surface area (Å²) in [6, 6.07) is 11.2. The van der Waals surface area contributed by atoms with Crippen molar-refractivity contribution < 1.29 is 19.5 Å². The minimum atomic E-state index is -0.785. The third kappa shape index (κ3) is 2.95. The van der Waals surface area contributed by atoms with Gasteiger partial charge in [-0.05, 0) is 30.2 Å². The van der Waals surface area contributed by atoms with Crippen molar-refractivity contribution in [2.75, 3.05) is 0 Å². The second-order valence-corrected chi connectivity index (χ2v) is 4.73. The SMILES string of the molecule is O=[N+]([O-])c1ccc(Oc2ccc3c(c2)OC(O)CC3)cc1. The fourth-order valence-electron chi connectivity index (χ4n) is 2.17. The van der Waals surface area contributed by atoms with Gasteiger partial charge in [-0.15, -0.1) is 0 Å². The lowest BCUT2D eigenvalue weighted by Gasteiger charge is -2.22. The lowest BCUT2D eigenvalue weighted by atomic mass is 10.1. The molecule has 1 aliphatic heterocycles. The minimum absolute atomic E-state index is 0.0132. The first kappa shape index (κ1) is 13.4. The van der Waals surface area contributed by atoms with E-state index in [0.717, 1.165) is 12.0 Å². The van der Waals surface area contributed by atoms with Crippen LogP contribution in [-0.2, 0) is 6.42 Å². The predicted molar refractivity (Wildman–Crippen MR) is 74.6 cm³/mol. The molecule has 1 aliphatic rings. The smallest absolute Gasteiger partial charge is 0.269 e. The summed E-state index contributed by atoms with van der Waals surface area (Å²) in [6.07, 6.45) is 0.552. The molecule has 0 bridgehead atoms. The average Bonchev–Trinajstić information content (AvgIpc) is 2.47. The highest BCUT2D eigenvalue weighted by molar-refractivity contribution is 5.44. The molecule has 21 heavy (non-hydrogen) atoms. The third-order valence-corrected chi connectivity index (χ3v) is 3.25. The molecule has 0 radical (unpaired) electrons. The van der Waals surface area contributed by atoms with Crippen LogP contribution in [0.4, 0.5) is 5.69 Å². The van der Waals surface area contributed by atoms with E-state index in [1.54, 1.807) is 12.1 Å². The Balaban J connectivity index is 1.78. The molecule has 2 aromatic rings. The Morgan fingerprint density at radius 3 is 2.62 bits per heavy atom. The Bertz CT molecular complexity index is 668. The highest BCUT2D eigenvalue weighted by Gasteiger charge is 2.18. The van der Waals surface area contributed by atoms with Crippen molar-refractivity contribution in [1.29, 1.82) is 0 Å². The third-order valence-electron chi connectivity index (χ3n) is 3.25. The van der Waals surface area contributed by atoms with Gasteiger partial charge in [0, 0.05) is 24.6 Å². The van der Waals surface area contributed by atoms with Crippen molar-refractivity contribution in [3.8, 4) is 17.2 Å². The quantitative estimate of drug-likeness (QED) is 0.693. The van der Waals surface area contributed by atoms with Gasteiger partial charge in [-0.2, -0.15) is 0 Å². The first-order valence-electron chi connectivity index (χ1n) is 6.52. The number of aliphatic hydroxyl groups is 1. The molecule has 108 valence electrons. The number of hydrogen-bond acceptors (Lipinski definition) is 5. The van der Waals surface area contributed by atoms with Crippen LogP contribution in [-0.4, -0.2) is 16.3 Å². The predicted octanol–water partition coefficient (Wildman–Crippen LogP) is 3.03. The number of non-ortho nitro benzene ring substituents is 1. The van der Waals surface area contributed by atoms with E-state index in [0.29, 0.717) is 23.7 Å². The van der Waals surface area contributed by atoms with E-state index in [4.69, 9.17) is 9.47 Å². The molecule has 1 unspecified atom stereocenters. The lowest BCUT2D eigenvalue weighted by molar-refractivity contribution is -0.384. The molecule has 3 rings (SSSR count). The van der Waals surface area contributed by atoms with Gasteiger partial charge in [-0.25, -0.2) is 0 Å². The van der Waals surface area contributed by atoms with E-state index in [2.05, 4.69) is 0 Å². The second-order valence-electron chi connectivity index (χ2n) is 4.73. The molecule has 6 nitrogen and oxygen atoms in total. The van der Waals surface area contributed by atoms with Gasteiger partial charge in [0.15, 0.2) is 6.29 Å². The van der Waals surface area contributed by atoms with Crippen LogP contribution < -0.4 is 9.47 Å². The van der Waals surface area contributed by atoms with Crippen LogP contribution in [0.2, 0.25) is 0 Å². The molecule has 2 aromatic carbocycles. The van der Waals surface area contributed by atoms with Crippen LogP contribution in [0.25, 0.3) is 0 Å². The number of aliphatic hydroxyl groups excluding tert-OH is 1. The van der Waals surface area contributed by atoms with Gasteiger partial charge in [-0.3, -0.25) is 10.1 Å². The average molecular weight is 287 g/mol. The Morgan fingerprint density at radius 1 is 1.19 bits per heavy atom. The topological polar surface area (TPSA) is 81.8 Å². The zero-order valence-corrected chi connectivity index (χ0v) is 11.1. The van der Waals surface area contributed by atoms with Crippen molar-refractivity contribution in [3.05, 3.63) is 58.1 Å². The summed E-state index contributed by atoms with van der Waals surface area (Å²) in [5.41, 5.74) is 1.04. The molecule has 1 N–H and O–H groups in total. The maximum atomic E-state index is 10.6. The molecule has 0 saturated heterocycles. The highest BCUT2D eigenvalue weighted by atomic mass is 16.6. The summed E-state index contributed by atoms with van der Waals surface area (Å²) in [5.74, 6) is 1.65. The van der Waals surface area contributed by atoms with Crippen LogP contribution in [0.1, 0.15) is 12.0 Å². The normalized spacial score (nSPS) is 16.7. The molecule has 6 heteroatoms. The Hall–Kier alpha value is -2.60. The number of aryl methyl sites for hydroxylation is 1. The molecule has 0 aromatic heterocycles. The van der Waals surface area contributed by atoms with Crippen LogP contribution in [0.5, 0.6) is 17.2 Å². The zero-order valence-electron chi connectivity index (χ0n) is 11.1. The second kappa shape index (κ2) is 5.41. The van der Waals surface area contributed by atoms with Gasteiger partial charge < -0.3 is 14.6 Å². The largest absolute Gasteiger partial charge is 0.465 e. The molecule has 0 aliphatic carbocycles. The molecule has 1 atom stereocenters. The van der Waals surface area contributed by atoms with Crippen LogP contribution in [0.3, 0.4) is 0 Å². The van der Waals surface area contributed by atoms with E-state index >= 15 is 0 Å². The summed E-state index contributed by atoms with van der Waals surface area (Å²) in [5, 5.41) is 20.1. The van der Waals surface area contributed by atoms with Gasteiger partial charge in [0.2, 0.25) is 0 Å². The monoisotopic (exact) mass is 287 g/mol. The highest BCUT2D eigenvalue weighted by Crippen LogP contribution is 2.33.